The van der Waals surface area contributed by atoms with Crippen LogP contribution < -0.4 is 0 Å². The van der Waals surface area contributed by atoms with E-state index < -0.39 is 0 Å². The van der Waals surface area contributed by atoms with Crippen molar-refractivity contribution in [1.82, 2.24) is 0 Å². The highest BCUT2D eigenvalue weighted by Gasteiger charge is 2.08. The zero-order valence-electron chi connectivity index (χ0n) is 25.4. The molecule has 0 N–H and O–H groups in total. The molecule has 0 aromatic carbocycles. The van der Waals surface area contributed by atoms with Crippen molar-refractivity contribution in [3.05, 3.63) is 4.91 Å². The van der Waals surface area contributed by atoms with E-state index in [1.54, 1.807) is 0 Å². The van der Waals surface area contributed by atoms with Gasteiger partial charge in [0.1, 0.15) is 0 Å². The van der Waals surface area contributed by atoms with Crippen LogP contribution >= 0.6 is 0 Å². The molecule has 0 aliphatic rings. The molecule has 1 unspecified atom stereocenters. The summed E-state index contributed by atoms with van der Waals surface area (Å²) in [5.74, 6) is 0. The van der Waals surface area contributed by atoms with Gasteiger partial charge in [0.15, 0.2) is 0 Å². The first kappa shape index (κ1) is 35.6. The zero-order chi connectivity index (χ0) is 26.2. The number of hydrogen-bond donors (Lipinski definition) is 0. The number of nitroso groups, excluding NO2 is 1. The van der Waals surface area contributed by atoms with Gasteiger partial charge in [-0.15, -0.1) is 0 Å². The molecule has 0 saturated heterocycles. The van der Waals surface area contributed by atoms with Gasteiger partial charge in [-0.05, 0) is 12.8 Å². The largest absolute Gasteiger partial charge is 0.151 e. The Morgan fingerprint density at radius 3 is 0.722 bits per heavy atom. The van der Waals surface area contributed by atoms with E-state index in [0.29, 0.717) is 0 Å². The second-order valence-electron chi connectivity index (χ2n) is 11.9. The maximum atomic E-state index is 11.2. The normalized spacial score (nSPS) is 12.3. The van der Waals surface area contributed by atoms with Crippen molar-refractivity contribution >= 4 is 0 Å². The van der Waals surface area contributed by atoms with Crippen LogP contribution in [-0.4, -0.2) is 6.04 Å². The zero-order valence-corrected chi connectivity index (χ0v) is 25.4. The standard InChI is InChI=1S/C34H69NO/c1-3-5-7-9-11-13-15-17-18-19-21-23-25-27-29-31-33-34(35-36)32-30-28-26-24-22-20-16-14-12-10-8-6-4-2/h34H,3-33H2,1-2H3. The average molecular weight is 508 g/mol. The first-order valence-electron chi connectivity index (χ1n) is 17.2. The summed E-state index contributed by atoms with van der Waals surface area (Å²) in [6.07, 6.45) is 42.5. The van der Waals surface area contributed by atoms with Gasteiger partial charge in [-0.3, -0.25) is 0 Å². The second kappa shape index (κ2) is 32.6. The van der Waals surface area contributed by atoms with Crippen LogP contribution in [0.5, 0.6) is 0 Å². The Morgan fingerprint density at radius 1 is 0.333 bits per heavy atom. The topological polar surface area (TPSA) is 29.4 Å². The average Bonchev–Trinajstić information content (AvgIpc) is 2.89. The highest BCUT2D eigenvalue weighted by atomic mass is 16.3. The molecule has 0 radical (unpaired) electrons. The molecule has 0 saturated carbocycles. The monoisotopic (exact) mass is 508 g/mol. The molecule has 36 heavy (non-hydrogen) atoms. The van der Waals surface area contributed by atoms with E-state index in [1.807, 2.05) is 0 Å². The summed E-state index contributed by atoms with van der Waals surface area (Å²) in [5.41, 5.74) is 0. The van der Waals surface area contributed by atoms with E-state index in [4.69, 9.17) is 0 Å². The second-order valence-corrected chi connectivity index (χ2v) is 11.9. The predicted octanol–water partition coefficient (Wildman–Crippen LogP) is 13.3. The number of nitrogens with zero attached hydrogens (tertiary/aromatic N) is 1. The summed E-state index contributed by atoms with van der Waals surface area (Å²) in [5, 5.41) is 3.44. The molecule has 2 nitrogen and oxygen atoms in total. The van der Waals surface area contributed by atoms with E-state index in [1.165, 1.54) is 186 Å². The Labute approximate surface area is 228 Å². The SMILES string of the molecule is CCCCCCCCCCCCCCCCCCC(CCCCCCCCCCCCCCC)N=O. The van der Waals surface area contributed by atoms with Crippen molar-refractivity contribution in [3.8, 4) is 0 Å². The molecular weight excluding hydrogens is 438 g/mol. The lowest BCUT2D eigenvalue weighted by Gasteiger charge is -2.09. The fourth-order valence-electron chi connectivity index (χ4n) is 5.58. The Kier molecular flexibility index (Phi) is 32.3. The van der Waals surface area contributed by atoms with Crippen LogP contribution in [0.25, 0.3) is 0 Å². The molecule has 0 amide bonds. The van der Waals surface area contributed by atoms with Crippen molar-refractivity contribution in [2.45, 2.75) is 219 Å². The van der Waals surface area contributed by atoms with Crippen molar-refractivity contribution in [3.63, 3.8) is 0 Å². The van der Waals surface area contributed by atoms with Crippen molar-refractivity contribution in [2.24, 2.45) is 5.18 Å². The molecule has 0 rings (SSSR count). The molecule has 0 fully saturated rings. The van der Waals surface area contributed by atoms with E-state index in [-0.39, 0.29) is 6.04 Å². The smallest absolute Gasteiger partial charge is 0.0919 e. The fraction of sp³-hybridized carbons (Fsp3) is 1.00. The fourth-order valence-corrected chi connectivity index (χ4v) is 5.58. The Morgan fingerprint density at radius 2 is 0.528 bits per heavy atom. The summed E-state index contributed by atoms with van der Waals surface area (Å²) in [4.78, 5) is 11.2. The lowest BCUT2D eigenvalue weighted by atomic mass is 10.00. The van der Waals surface area contributed by atoms with Gasteiger partial charge in [-0.2, -0.15) is 4.91 Å². The van der Waals surface area contributed by atoms with Crippen molar-refractivity contribution in [2.75, 3.05) is 0 Å². The molecule has 2 heteroatoms. The maximum Gasteiger partial charge on any atom is 0.0919 e. The minimum absolute atomic E-state index is 0.0874. The Bertz CT molecular complexity index is 397. The summed E-state index contributed by atoms with van der Waals surface area (Å²) in [6, 6.07) is 0.0874. The van der Waals surface area contributed by atoms with Gasteiger partial charge in [0.05, 0.1) is 6.04 Å². The number of rotatable bonds is 32. The number of hydrogen-bond acceptors (Lipinski definition) is 2. The van der Waals surface area contributed by atoms with Crippen LogP contribution in [0.1, 0.15) is 213 Å². The lowest BCUT2D eigenvalue weighted by molar-refractivity contribution is 0.477. The maximum absolute atomic E-state index is 11.2. The van der Waals surface area contributed by atoms with Crippen LogP contribution in [0.2, 0.25) is 0 Å². The van der Waals surface area contributed by atoms with Gasteiger partial charge in [0.25, 0.3) is 0 Å². The number of unbranched alkanes of at least 4 members (excludes halogenated alkanes) is 27. The molecule has 216 valence electrons. The van der Waals surface area contributed by atoms with Crippen LogP contribution in [-0.2, 0) is 0 Å². The van der Waals surface area contributed by atoms with E-state index in [0.717, 1.165) is 12.8 Å². The predicted molar refractivity (Wildman–Crippen MR) is 164 cm³/mol. The van der Waals surface area contributed by atoms with E-state index >= 15 is 0 Å². The van der Waals surface area contributed by atoms with Crippen LogP contribution in [0.3, 0.4) is 0 Å². The molecule has 0 heterocycles. The van der Waals surface area contributed by atoms with E-state index in [2.05, 4.69) is 19.0 Å². The highest BCUT2D eigenvalue weighted by Crippen LogP contribution is 2.18. The van der Waals surface area contributed by atoms with Crippen molar-refractivity contribution < 1.29 is 0 Å². The minimum Gasteiger partial charge on any atom is -0.151 e. The van der Waals surface area contributed by atoms with Crippen LogP contribution in [0, 0.1) is 4.91 Å². The quantitative estimate of drug-likeness (QED) is 0.0657. The third-order valence-corrected chi connectivity index (χ3v) is 8.18. The lowest BCUT2D eigenvalue weighted by Crippen LogP contribution is -2.03. The van der Waals surface area contributed by atoms with Gasteiger partial charge in [-0.25, -0.2) is 0 Å². The summed E-state index contributed by atoms with van der Waals surface area (Å²) >= 11 is 0. The molecule has 0 spiro atoms. The van der Waals surface area contributed by atoms with Crippen LogP contribution in [0.4, 0.5) is 0 Å². The van der Waals surface area contributed by atoms with Gasteiger partial charge in [0, 0.05) is 0 Å². The Hall–Kier alpha value is -0.400. The molecule has 0 aromatic heterocycles. The Balaban J connectivity index is 3.26. The summed E-state index contributed by atoms with van der Waals surface area (Å²) in [6.45, 7) is 4.58. The van der Waals surface area contributed by atoms with Crippen molar-refractivity contribution in [1.29, 1.82) is 0 Å². The van der Waals surface area contributed by atoms with Gasteiger partial charge >= 0.3 is 0 Å². The summed E-state index contributed by atoms with van der Waals surface area (Å²) < 4.78 is 0. The minimum atomic E-state index is 0.0874. The van der Waals surface area contributed by atoms with Gasteiger partial charge < -0.3 is 0 Å². The third kappa shape index (κ3) is 29.8. The molecule has 0 aromatic rings. The van der Waals surface area contributed by atoms with Crippen LogP contribution in [0.15, 0.2) is 5.18 Å². The molecule has 0 aliphatic carbocycles. The molecule has 1 atom stereocenters. The van der Waals surface area contributed by atoms with E-state index in [9.17, 15) is 4.91 Å². The first-order valence-corrected chi connectivity index (χ1v) is 17.2. The highest BCUT2D eigenvalue weighted by molar-refractivity contribution is 4.66. The molecular formula is C34H69NO. The molecule has 0 bridgehead atoms. The van der Waals surface area contributed by atoms with Gasteiger partial charge in [0.2, 0.25) is 0 Å². The molecule has 0 aliphatic heterocycles. The van der Waals surface area contributed by atoms with Gasteiger partial charge in [-0.1, -0.05) is 205 Å². The summed E-state index contributed by atoms with van der Waals surface area (Å²) in [7, 11) is 0. The first-order chi connectivity index (χ1) is 17.8. The third-order valence-electron chi connectivity index (χ3n) is 8.18.